The Bertz CT molecular complexity index is 798. The first-order valence-electron chi connectivity index (χ1n) is 6.39. The molecule has 0 bridgehead atoms. The highest BCUT2D eigenvalue weighted by Gasteiger charge is 2.28. The normalized spacial score (nSPS) is 11.5. The molecule has 2 aromatic carbocycles. The summed E-state index contributed by atoms with van der Waals surface area (Å²) in [5.74, 6) is -14.9. The van der Waals surface area contributed by atoms with Crippen molar-refractivity contribution in [1.82, 2.24) is 0 Å². The van der Waals surface area contributed by atoms with Gasteiger partial charge >= 0.3 is 5.97 Å². The number of carbonyl (C=O) groups is 1. The summed E-state index contributed by atoms with van der Waals surface area (Å²) in [6, 6.07) is 4.88. The van der Waals surface area contributed by atoms with Crippen molar-refractivity contribution in [2.24, 2.45) is 0 Å². The van der Waals surface area contributed by atoms with Crippen molar-refractivity contribution in [2.75, 3.05) is 0 Å². The molecule has 0 aromatic heterocycles. The molecular weight excluding hydrogens is 338 g/mol. The lowest BCUT2D eigenvalue weighted by molar-refractivity contribution is -0.129. The Morgan fingerprint density at radius 2 is 1.29 bits per heavy atom. The minimum Gasteiger partial charge on any atom is -0.417 e. The minimum absolute atomic E-state index is 0.226. The van der Waals surface area contributed by atoms with Crippen molar-refractivity contribution < 1.29 is 35.9 Å². The van der Waals surface area contributed by atoms with Gasteiger partial charge in [-0.1, -0.05) is 12.1 Å². The molecule has 0 aliphatic carbocycles. The third-order valence-corrected chi connectivity index (χ3v) is 3.01. The quantitative estimate of drug-likeness (QED) is 0.204. The lowest BCUT2D eigenvalue weighted by Gasteiger charge is -2.08. The van der Waals surface area contributed by atoms with Crippen LogP contribution in [0.25, 0.3) is 5.57 Å². The number of hydrogen-bond acceptors (Lipinski definition) is 2. The van der Waals surface area contributed by atoms with E-state index < -0.39 is 46.6 Å². The molecule has 0 aliphatic heterocycles. The van der Waals surface area contributed by atoms with Crippen molar-refractivity contribution in [3.8, 4) is 5.75 Å². The topological polar surface area (TPSA) is 26.3 Å². The van der Waals surface area contributed by atoms with E-state index in [-0.39, 0.29) is 5.57 Å². The van der Waals surface area contributed by atoms with Crippen molar-refractivity contribution >= 4 is 11.5 Å². The monoisotopic (exact) mass is 346 g/mol. The van der Waals surface area contributed by atoms with Gasteiger partial charge in [0.25, 0.3) is 0 Å². The van der Waals surface area contributed by atoms with Crippen LogP contribution in [0.3, 0.4) is 0 Å². The van der Waals surface area contributed by atoms with Gasteiger partial charge in [0, 0.05) is 6.08 Å². The van der Waals surface area contributed by atoms with E-state index in [1.54, 1.807) is 0 Å². The van der Waals surface area contributed by atoms with Crippen LogP contribution in [-0.4, -0.2) is 5.97 Å². The maximum Gasteiger partial charge on any atom is 0.336 e. The summed E-state index contributed by atoms with van der Waals surface area (Å²) >= 11 is 0. The summed E-state index contributed by atoms with van der Waals surface area (Å²) in [7, 11) is 0. The Morgan fingerprint density at radius 1 is 0.833 bits per heavy atom. The number of hydrogen-bond donors (Lipinski definition) is 0. The van der Waals surface area contributed by atoms with Crippen LogP contribution in [0.1, 0.15) is 12.5 Å². The van der Waals surface area contributed by atoms with E-state index in [4.69, 9.17) is 0 Å². The molecule has 2 rings (SSSR count). The predicted molar refractivity (Wildman–Crippen MR) is 71.9 cm³/mol. The van der Waals surface area contributed by atoms with Crippen molar-refractivity contribution in [3.05, 3.63) is 70.8 Å². The SMILES string of the molecule is CC(=CC(=O)Oc1c(F)c(F)c(F)c(F)c1F)c1ccc(F)cc1. The highest BCUT2D eigenvalue weighted by molar-refractivity contribution is 5.92. The van der Waals surface area contributed by atoms with E-state index in [1.807, 2.05) is 0 Å². The number of carbonyl (C=O) groups excluding carboxylic acids is 1. The lowest BCUT2D eigenvalue weighted by Crippen LogP contribution is -2.11. The standard InChI is InChI=1S/C16H8F6O2/c1-7(8-2-4-9(17)5-3-8)6-10(23)24-16-14(21)12(19)11(18)13(20)15(16)22/h2-6H,1H3. The van der Waals surface area contributed by atoms with Gasteiger partial charge in [-0.3, -0.25) is 0 Å². The van der Waals surface area contributed by atoms with Gasteiger partial charge in [-0.2, -0.15) is 8.78 Å². The van der Waals surface area contributed by atoms with E-state index in [2.05, 4.69) is 4.74 Å². The second-order valence-electron chi connectivity index (χ2n) is 4.65. The van der Waals surface area contributed by atoms with Gasteiger partial charge in [-0.25, -0.2) is 22.4 Å². The molecule has 0 spiro atoms. The highest BCUT2D eigenvalue weighted by Crippen LogP contribution is 2.29. The van der Waals surface area contributed by atoms with Crippen LogP contribution < -0.4 is 4.74 Å². The first-order valence-corrected chi connectivity index (χ1v) is 6.39. The third-order valence-electron chi connectivity index (χ3n) is 3.01. The smallest absolute Gasteiger partial charge is 0.336 e. The van der Waals surface area contributed by atoms with Crippen LogP contribution in [0.2, 0.25) is 0 Å². The summed E-state index contributed by atoms with van der Waals surface area (Å²) in [5.41, 5.74) is 0.620. The first-order chi connectivity index (χ1) is 11.2. The molecule has 2 aromatic rings. The molecule has 2 nitrogen and oxygen atoms in total. The van der Waals surface area contributed by atoms with Crippen LogP contribution >= 0.6 is 0 Å². The molecule has 0 radical (unpaired) electrons. The van der Waals surface area contributed by atoms with Gasteiger partial charge < -0.3 is 4.74 Å². The number of benzene rings is 2. The summed E-state index contributed by atoms with van der Waals surface area (Å²) in [5, 5.41) is 0. The predicted octanol–water partition coefficient (Wildman–Crippen LogP) is 4.53. The molecule has 0 saturated heterocycles. The molecule has 0 aliphatic rings. The lowest BCUT2D eigenvalue weighted by atomic mass is 10.1. The van der Waals surface area contributed by atoms with Crippen molar-refractivity contribution in [3.63, 3.8) is 0 Å². The fourth-order valence-electron chi connectivity index (χ4n) is 1.78. The summed E-state index contributed by atoms with van der Waals surface area (Å²) in [4.78, 5) is 11.6. The zero-order chi connectivity index (χ0) is 18.0. The molecule has 8 heteroatoms. The number of esters is 1. The largest absolute Gasteiger partial charge is 0.417 e. The fraction of sp³-hybridized carbons (Fsp3) is 0.0625. The van der Waals surface area contributed by atoms with Crippen LogP contribution in [0, 0.1) is 34.9 Å². The highest BCUT2D eigenvalue weighted by atomic mass is 19.2. The summed E-state index contributed by atoms with van der Waals surface area (Å²) in [6.45, 7) is 1.41. The van der Waals surface area contributed by atoms with E-state index in [1.165, 1.54) is 19.1 Å². The Labute approximate surface area is 132 Å². The second kappa shape index (κ2) is 6.77. The van der Waals surface area contributed by atoms with Gasteiger partial charge in [0.05, 0.1) is 0 Å². The molecule has 24 heavy (non-hydrogen) atoms. The van der Waals surface area contributed by atoms with Crippen molar-refractivity contribution in [2.45, 2.75) is 6.92 Å². The fourth-order valence-corrected chi connectivity index (χ4v) is 1.78. The van der Waals surface area contributed by atoms with E-state index in [0.717, 1.165) is 18.2 Å². The van der Waals surface area contributed by atoms with Gasteiger partial charge in [0.2, 0.25) is 34.8 Å². The maximum atomic E-state index is 13.4. The third kappa shape index (κ3) is 3.42. The zero-order valence-corrected chi connectivity index (χ0v) is 12.0. The van der Waals surface area contributed by atoms with Gasteiger partial charge in [-0.05, 0) is 30.2 Å². The molecule has 0 N–H and O–H groups in total. The number of rotatable bonds is 3. The number of ether oxygens (including phenoxy) is 1. The molecule has 126 valence electrons. The number of halogens is 6. The summed E-state index contributed by atoms with van der Waals surface area (Å²) < 4.78 is 82.8. The van der Waals surface area contributed by atoms with Crippen molar-refractivity contribution in [1.29, 1.82) is 0 Å². The van der Waals surface area contributed by atoms with Crippen LogP contribution in [0.5, 0.6) is 5.75 Å². The maximum absolute atomic E-state index is 13.4. The average molecular weight is 346 g/mol. The molecule has 0 saturated carbocycles. The van der Waals surface area contributed by atoms with E-state index in [9.17, 15) is 31.1 Å². The Kier molecular flexibility index (Phi) is 4.96. The Morgan fingerprint density at radius 3 is 1.79 bits per heavy atom. The zero-order valence-electron chi connectivity index (χ0n) is 12.0. The molecular formula is C16H8F6O2. The second-order valence-corrected chi connectivity index (χ2v) is 4.65. The summed E-state index contributed by atoms with van der Waals surface area (Å²) in [6.07, 6.45) is 0.769. The molecule has 0 atom stereocenters. The van der Waals surface area contributed by atoms with E-state index in [0.29, 0.717) is 5.56 Å². The van der Waals surface area contributed by atoms with Gasteiger partial charge in [-0.15, -0.1) is 0 Å². The average Bonchev–Trinajstić information content (AvgIpc) is 2.55. The van der Waals surface area contributed by atoms with Gasteiger partial charge in [0.15, 0.2) is 0 Å². The molecule has 0 heterocycles. The Balaban J connectivity index is 2.30. The van der Waals surface area contributed by atoms with Crippen LogP contribution in [-0.2, 0) is 4.79 Å². The van der Waals surface area contributed by atoms with Crippen LogP contribution in [0.4, 0.5) is 26.3 Å². The van der Waals surface area contributed by atoms with Crippen LogP contribution in [0.15, 0.2) is 30.3 Å². The van der Waals surface area contributed by atoms with E-state index >= 15 is 0 Å². The molecule has 0 unspecified atom stereocenters. The number of allylic oxidation sites excluding steroid dienone is 1. The minimum atomic E-state index is -2.36. The Hall–Kier alpha value is -2.77. The van der Waals surface area contributed by atoms with Gasteiger partial charge in [0.1, 0.15) is 5.82 Å². The molecule has 0 fully saturated rings. The molecule has 0 amide bonds. The first kappa shape index (κ1) is 17.6.